The summed E-state index contributed by atoms with van der Waals surface area (Å²) in [6, 6.07) is 9.92. The number of benzene rings is 1. The van der Waals surface area contributed by atoms with Gasteiger partial charge in [-0.25, -0.2) is 0 Å². The van der Waals surface area contributed by atoms with Gasteiger partial charge < -0.3 is 15.0 Å². The largest absolute Gasteiger partial charge is 0.483 e. The molecule has 2 heterocycles. The van der Waals surface area contributed by atoms with E-state index in [1.165, 1.54) is 18.3 Å². The van der Waals surface area contributed by atoms with E-state index >= 15 is 0 Å². The van der Waals surface area contributed by atoms with E-state index < -0.39 is 18.8 Å². The fourth-order valence-electron chi connectivity index (χ4n) is 2.51. The summed E-state index contributed by atoms with van der Waals surface area (Å²) in [5, 5.41) is 3.63. The quantitative estimate of drug-likeness (QED) is 0.720. The highest BCUT2D eigenvalue weighted by molar-refractivity contribution is 6.06. The molecule has 0 saturated carbocycles. The maximum absolute atomic E-state index is 12.5. The lowest BCUT2D eigenvalue weighted by Crippen LogP contribution is -2.27. The fraction of sp³-hybridized carbons (Fsp3) is 0.222. The molecule has 1 amide bonds. The van der Waals surface area contributed by atoms with E-state index in [0.717, 1.165) is 10.9 Å². The molecule has 0 bridgehead atoms. The number of hydrogen-bond donors (Lipinski definition) is 2. The molecule has 2 N–H and O–H groups in total. The molecule has 5 nitrogen and oxygen atoms in total. The molecule has 3 aromatic rings. The fourth-order valence-corrected chi connectivity index (χ4v) is 2.51. The summed E-state index contributed by atoms with van der Waals surface area (Å²) in [6.07, 6.45) is -1.57. The van der Waals surface area contributed by atoms with E-state index in [4.69, 9.17) is 0 Å². The number of hydrogen-bond acceptors (Lipinski definition) is 3. The first kappa shape index (κ1) is 17.8. The van der Waals surface area contributed by atoms with Crippen LogP contribution in [-0.2, 0) is 0 Å². The normalized spacial score (nSPS) is 12.8. The SMILES string of the molecule is C[C@@H](NC(=O)c1c[nH]c2ccccc12)c1ccc(OCC(F)(F)F)cn1. The molecule has 0 aliphatic rings. The van der Waals surface area contributed by atoms with Crippen LogP contribution < -0.4 is 10.1 Å². The topological polar surface area (TPSA) is 67.0 Å². The molecule has 136 valence electrons. The second-order valence-corrected chi connectivity index (χ2v) is 5.77. The van der Waals surface area contributed by atoms with Crippen molar-refractivity contribution in [3.05, 3.63) is 60.0 Å². The minimum atomic E-state index is -4.40. The van der Waals surface area contributed by atoms with Crippen molar-refractivity contribution in [1.82, 2.24) is 15.3 Å². The van der Waals surface area contributed by atoms with Gasteiger partial charge in [-0.3, -0.25) is 9.78 Å². The van der Waals surface area contributed by atoms with E-state index in [9.17, 15) is 18.0 Å². The van der Waals surface area contributed by atoms with Crippen molar-refractivity contribution < 1.29 is 22.7 Å². The van der Waals surface area contributed by atoms with E-state index in [0.29, 0.717) is 11.3 Å². The third-order valence-electron chi connectivity index (χ3n) is 3.79. The van der Waals surface area contributed by atoms with Gasteiger partial charge in [0, 0.05) is 17.1 Å². The van der Waals surface area contributed by atoms with Crippen LogP contribution in [0.1, 0.15) is 29.0 Å². The van der Waals surface area contributed by atoms with Crippen molar-refractivity contribution in [2.24, 2.45) is 0 Å². The van der Waals surface area contributed by atoms with Gasteiger partial charge in [-0.15, -0.1) is 0 Å². The summed E-state index contributed by atoms with van der Waals surface area (Å²) in [5.74, 6) is -0.254. The average Bonchev–Trinajstić information content (AvgIpc) is 3.04. The Hall–Kier alpha value is -3.03. The van der Waals surface area contributed by atoms with Crippen LogP contribution in [0.3, 0.4) is 0 Å². The molecule has 0 spiro atoms. The van der Waals surface area contributed by atoms with Gasteiger partial charge in [0.1, 0.15) is 5.75 Å². The average molecular weight is 363 g/mol. The molecule has 0 saturated heterocycles. The maximum atomic E-state index is 12.5. The van der Waals surface area contributed by atoms with E-state index in [1.807, 2.05) is 24.3 Å². The number of amides is 1. The zero-order valence-electron chi connectivity index (χ0n) is 13.8. The predicted octanol–water partition coefficient (Wildman–Crippen LogP) is 4.00. The van der Waals surface area contributed by atoms with Gasteiger partial charge in [0.05, 0.1) is 23.5 Å². The molecule has 1 aromatic carbocycles. The van der Waals surface area contributed by atoms with Crippen LogP contribution in [0.4, 0.5) is 13.2 Å². The van der Waals surface area contributed by atoms with Crippen LogP contribution in [0.25, 0.3) is 10.9 Å². The van der Waals surface area contributed by atoms with Crippen LogP contribution in [0, 0.1) is 0 Å². The molecular weight excluding hydrogens is 347 g/mol. The summed E-state index contributed by atoms with van der Waals surface area (Å²) < 4.78 is 41.0. The van der Waals surface area contributed by atoms with E-state index in [1.54, 1.807) is 13.1 Å². The number of nitrogens with zero attached hydrogens (tertiary/aromatic N) is 1. The monoisotopic (exact) mass is 363 g/mol. The lowest BCUT2D eigenvalue weighted by molar-refractivity contribution is -0.153. The third-order valence-corrected chi connectivity index (χ3v) is 3.79. The Bertz CT molecular complexity index is 904. The second kappa shape index (κ2) is 7.07. The number of para-hydroxylation sites is 1. The Morgan fingerprint density at radius 1 is 1.27 bits per heavy atom. The Morgan fingerprint density at radius 3 is 2.73 bits per heavy atom. The van der Waals surface area contributed by atoms with Crippen LogP contribution in [0.5, 0.6) is 5.75 Å². The van der Waals surface area contributed by atoms with Gasteiger partial charge in [0.25, 0.3) is 5.91 Å². The maximum Gasteiger partial charge on any atom is 0.422 e. The number of alkyl halides is 3. The number of carbonyl (C=O) groups excluding carboxylic acids is 1. The molecule has 0 radical (unpaired) electrons. The standard InChI is InChI=1S/C18H16F3N3O2/c1-11(15-7-6-12(8-22-15)26-10-18(19,20)21)24-17(25)14-9-23-16-5-3-2-4-13(14)16/h2-9,11,23H,10H2,1H3,(H,24,25)/t11-/m1/s1. The highest BCUT2D eigenvalue weighted by Gasteiger charge is 2.28. The minimum absolute atomic E-state index is 0.0150. The summed E-state index contributed by atoms with van der Waals surface area (Å²) in [6.45, 7) is 0.367. The minimum Gasteiger partial charge on any atom is -0.483 e. The highest BCUT2D eigenvalue weighted by atomic mass is 19.4. The number of aromatic nitrogens is 2. The van der Waals surface area contributed by atoms with Crippen LogP contribution >= 0.6 is 0 Å². The number of aromatic amines is 1. The molecular formula is C18H16F3N3O2. The van der Waals surface area contributed by atoms with Crippen molar-refractivity contribution in [3.8, 4) is 5.75 Å². The molecule has 0 aliphatic carbocycles. The zero-order chi connectivity index (χ0) is 18.7. The van der Waals surface area contributed by atoms with Crippen molar-refractivity contribution in [2.75, 3.05) is 6.61 Å². The van der Waals surface area contributed by atoms with Crippen LogP contribution in [0.15, 0.2) is 48.8 Å². The van der Waals surface area contributed by atoms with Gasteiger partial charge in [0.15, 0.2) is 6.61 Å². The second-order valence-electron chi connectivity index (χ2n) is 5.77. The van der Waals surface area contributed by atoms with Gasteiger partial charge in [-0.2, -0.15) is 13.2 Å². The molecule has 0 fully saturated rings. The summed E-state index contributed by atoms with van der Waals surface area (Å²) in [7, 11) is 0. The van der Waals surface area contributed by atoms with E-state index in [2.05, 4.69) is 20.0 Å². The van der Waals surface area contributed by atoms with Gasteiger partial charge >= 0.3 is 6.18 Å². The Balaban J connectivity index is 1.66. The zero-order valence-corrected chi connectivity index (χ0v) is 13.8. The lowest BCUT2D eigenvalue weighted by Gasteiger charge is -2.14. The number of fused-ring (bicyclic) bond motifs is 1. The van der Waals surface area contributed by atoms with Crippen molar-refractivity contribution in [2.45, 2.75) is 19.1 Å². The molecule has 2 aromatic heterocycles. The van der Waals surface area contributed by atoms with Gasteiger partial charge in [-0.1, -0.05) is 18.2 Å². The molecule has 8 heteroatoms. The summed E-state index contributed by atoms with van der Waals surface area (Å²) in [5.41, 5.74) is 1.88. The molecule has 0 unspecified atom stereocenters. The Labute approximate surface area is 147 Å². The van der Waals surface area contributed by atoms with Gasteiger partial charge in [0.2, 0.25) is 0 Å². The predicted molar refractivity (Wildman–Crippen MR) is 90.0 cm³/mol. The molecule has 0 aliphatic heterocycles. The number of H-pyrrole nitrogens is 1. The smallest absolute Gasteiger partial charge is 0.422 e. The van der Waals surface area contributed by atoms with Crippen LogP contribution in [0.2, 0.25) is 0 Å². The number of ether oxygens (including phenoxy) is 1. The van der Waals surface area contributed by atoms with E-state index in [-0.39, 0.29) is 11.7 Å². The van der Waals surface area contributed by atoms with Crippen molar-refractivity contribution in [1.29, 1.82) is 0 Å². The summed E-state index contributed by atoms with van der Waals surface area (Å²) in [4.78, 5) is 19.6. The highest BCUT2D eigenvalue weighted by Crippen LogP contribution is 2.21. The first-order valence-corrected chi connectivity index (χ1v) is 7.86. The Kier molecular flexibility index (Phi) is 4.83. The number of pyridine rings is 1. The van der Waals surface area contributed by atoms with Crippen LogP contribution in [-0.4, -0.2) is 28.7 Å². The number of halogens is 3. The van der Waals surface area contributed by atoms with Crippen molar-refractivity contribution >= 4 is 16.8 Å². The number of rotatable bonds is 5. The molecule has 3 rings (SSSR count). The first-order chi connectivity index (χ1) is 12.3. The first-order valence-electron chi connectivity index (χ1n) is 7.86. The number of nitrogens with one attached hydrogen (secondary N) is 2. The Morgan fingerprint density at radius 2 is 2.04 bits per heavy atom. The van der Waals surface area contributed by atoms with Gasteiger partial charge in [-0.05, 0) is 25.1 Å². The molecule has 1 atom stereocenters. The number of carbonyl (C=O) groups is 1. The third kappa shape index (κ3) is 4.14. The van der Waals surface area contributed by atoms with Crippen molar-refractivity contribution in [3.63, 3.8) is 0 Å². The summed E-state index contributed by atoms with van der Waals surface area (Å²) >= 11 is 0. The molecule has 26 heavy (non-hydrogen) atoms. The lowest BCUT2D eigenvalue weighted by atomic mass is 10.1.